The maximum atomic E-state index is 14.6. The van der Waals surface area contributed by atoms with Crippen molar-refractivity contribution >= 4 is 55.9 Å². The van der Waals surface area contributed by atoms with E-state index in [4.69, 9.17) is 28.2 Å². The van der Waals surface area contributed by atoms with E-state index >= 15 is 0 Å². The molecule has 7 rings (SSSR count). The van der Waals surface area contributed by atoms with Crippen LogP contribution in [0.4, 0.5) is 23.2 Å². The molecule has 4 heterocycles. The average Bonchev–Trinajstić information content (AvgIpc) is 3.54. The summed E-state index contributed by atoms with van der Waals surface area (Å²) in [6.07, 6.45) is 6.25. The van der Waals surface area contributed by atoms with E-state index in [-0.39, 0.29) is 16.8 Å². The summed E-state index contributed by atoms with van der Waals surface area (Å²) in [5.41, 5.74) is -3.54. The fourth-order valence-electron chi connectivity index (χ4n) is 8.60. The number of imidazole rings is 1. The first kappa shape index (κ1) is 36.0. The summed E-state index contributed by atoms with van der Waals surface area (Å²) in [7, 11) is -5.78. The fourth-order valence-corrected chi connectivity index (χ4v) is 9.90. The van der Waals surface area contributed by atoms with Crippen LogP contribution in [0, 0.1) is 12.7 Å². The number of hydrogen-bond acceptors (Lipinski definition) is 5. The average molecular weight is 767 g/mol. The number of para-hydroxylation sites is 2. The largest absolute Gasteiger partial charge is 0.516 e. The Morgan fingerprint density at radius 2 is 1.61 bits per heavy atom. The fraction of sp³-hybridized carbons (Fsp3) is 0.444. The molecule has 3 atom stereocenters. The second-order valence-electron chi connectivity index (χ2n) is 14.0. The van der Waals surface area contributed by atoms with Gasteiger partial charge in [0.15, 0.2) is 0 Å². The van der Waals surface area contributed by atoms with Crippen molar-refractivity contribution in [3.63, 3.8) is 0 Å². The number of alkyl halides is 3. The van der Waals surface area contributed by atoms with Gasteiger partial charge in [0.2, 0.25) is 0 Å². The van der Waals surface area contributed by atoms with Crippen molar-refractivity contribution in [1.29, 1.82) is 0 Å². The lowest BCUT2D eigenvalue weighted by atomic mass is 9.70. The quantitative estimate of drug-likeness (QED) is 0.182. The van der Waals surface area contributed by atoms with Gasteiger partial charge in [-0.25, -0.2) is 9.37 Å². The maximum Gasteiger partial charge on any atom is 0.516 e. The molecule has 1 aromatic heterocycles. The van der Waals surface area contributed by atoms with Crippen LogP contribution in [-0.4, -0.2) is 70.9 Å². The van der Waals surface area contributed by atoms with Gasteiger partial charge in [-0.15, -0.1) is 0 Å². The van der Waals surface area contributed by atoms with Crippen molar-refractivity contribution in [3.05, 3.63) is 93.5 Å². The van der Waals surface area contributed by atoms with Crippen LogP contribution in [0.2, 0.25) is 10.0 Å². The molecular weight excluding hydrogens is 729 g/mol. The third kappa shape index (κ3) is 6.82. The van der Waals surface area contributed by atoms with Crippen LogP contribution >= 0.6 is 23.2 Å². The first-order valence-electron chi connectivity index (χ1n) is 17.0. The molecule has 272 valence electrons. The monoisotopic (exact) mass is 765 g/mol. The SMILES string of the molecule is Cc1nc2ccccc2n1C1C[C@H]2CC[C@@H](C1)N2CCC1(c2cccc(F)c2)CCN(C(=O)c2cc(Cl)c(NS(=O)(=O)C(F)(F)F)c(Cl)c2)CC1. The first-order valence-corrected chi connectivity index (χ1v) is 19.2. The highest BCUT2D eigenvalue weighted by molar-refractivity contribution is 7.93. The van der Waals surface area contributed by atoms with E-state index in [1.165, 1.54) is 16.3 Å². The molecule has 0 radical (unpaired) electrons. The lowest BCUT2D eigenvalue weighted by molar-refractivity contribution is -0.0429. The zero-order valence-electron chi connectivity index (χ0n) is 27.8. The van der Waals surface area contributed by atoms with Gasteiger partial charge >= 0.3 is 15.5 Å². The van der Waals surface area contributed by atoms with E-state index in [0.29, 0.717) is 44.1 Å². The number of fused-ring (bicyclic) bond motifs is 3. The number of rotatable bonds is 8. The van der Waals surface area contributed by atoms with Gasteiger partial charge < -0.3 is 9.47 Å². The lowest BCUT2D eigenvalue weighted by Crippen LogP contribution is -2.49. The van der Waals surface area contributed by atoms with Crippen LogP contribution < -0.4 is 4.72 Å². The third-order valence-corrected chi connectivity index (χ3v) is 12.8. The number of aryl methyl sites for hydroxylation is 1. The minimum absolute atomic E-state index is 0.0126. The minimum Gasteiger partial charge on any atom is -0.339 e. The molecule has 1 amide bonds. The Balaban J connectivity index is 1.06. The van der Waals surface area contributed by atoms with E-state index < -0.39 is 37.2 Å². The van der Waals surface area contributed by atoms with E-state index in [1.54, 1.807) is 17.0 Å². The number of anilines is 1. The van der Waals surface area contributed by atoms with Gasteiger partial charge in [0.25, 0.3) is 5.91 Å². The summed E-state index contributed by atoms with van der Waals surface area (Å²) in [6.45, 7) is 3.61. The van der Waals surface area contributed by atoms with Crippen molar-refractivity contribution in [1.82, 2.24) is 19.4 Å². The molecule has 3 aliphatic rings. The smallest absolute Gasteiger partial charge is 0.339 e. The Hall–Kier alpha value is -3.39. The van der Waals surface area contributed by atoms with Crippen molar-refractivity contribution in [2.75, 3.05) is 24.4 Å². The van der Waals surface area contributed by atoms with Gasteiger partial charge in [-0.1, -0.05) is 47.5 Å². The second kappa shape index (κ2) is 13.5. The zero-order chi connectivity index (χ0) is 36.3. The minimum atomic E-state index is -5.78. The number of benzene rings is 3. The summed E-state index contributed by atoms with van der Waals surface area (Å²) in [5.74, 6) is 0.269. The van der Waals surface area contributed by atoms with Gasteiger partial charge in [0.05, 0.1) is 26.8 Å². The first-order chi connectivity index (χ1) is 24.2. The van der Waals surface area contributed by atoms with Gasteiger partial charge in [-0.2, -0.15) is 21.6 Å². The van der Waals surface area contributed by atoms with Gasteiger partial charge in [0.1, 0.15) is 11.6 Å². The van der Waals surface area contributed by atoms with Crippen LogP contribution in [-0.2, 0) is 15.4 Å². The molecule has 3 aliphatic heterocycles. The van der Waals surface area contributed by atoms with Gasteiger partial charge in [-0.3, -0.25) is 14.4 Å². The topological polar surface area (TPSA) is 87.5 Å². The number of piperidine rings is 2. The number of hydrogen-bond donors (Lipinski definition) is 1. The molecule has 51 heavy (non-hydrogen) atoms. The molecule has 3 fully saturated rings. The number of nitrogens with zero attached hydrogens (tertiary/aromatic N) is 4. The number of carbonyl (C=O) groups excluding carboxylic acids is 1. The summed E-state index contributed by atoms with van der Waals surface area (Å²) >= 11 is 12.3. The van der Waals surface area contributed by atoms with Crippen LogP contribution in [0.1, 0.15) is 72.7 Å². The van der Waals surface area contributed by atoms with Crippen LogP contribution in [0.15, 0.2) is 60.7 Å². The van der Waals surface area contributed by atoms with E-state index in [1.807, 2.05) is 12.1 Å². The third-order valence-electron chi connectivity index (χ3n) is 11.1. The highest BCUT2D eigenvalue weighted by Gasteiger charge is 2.47. The maximum absolute atomic E-state index is 14.6. The molecule has 8 nitrogen and oxygen atoms in total. The molecule has 1 N–H and O–H groups in total. The molecule has 3 aromatic carbocycles. The Morgan fingerprint density at radius 1 is 0.961 bits per heavy atom. The number of halogens is 6. The number of carbonyl (C=O) groups is 1. The summed E-state index contributed by atoms with van der Waals surface area (Å²) in [5, 5.41) is -0.890. The standard InChI is InChI=1S/C36H37Cl2F4N5O3S/c1-22-43-31-7-2-3-8-32(31)47(22)28-20-26-9-10-27(21-28)46(26)16-13-35(24-5-4-6-25(39)19-24)11-14-45(15-12-35)34(48)23-17-29(37)33(30(38)18-23)44-51(49,50)36(40,41)42/h2-8,17-19,26-28,44H,9-16,20-21H2,1H3/t26-,27+,28?. The van der Waals surface area contributed by atoms with Gasteiger partial charge in [0, 0.05) is 36.8 Å². The van der Waals surface area contributed by atoms with Crippen LogP contribution in [0.25, 0.3) is 11.0 Å². The van der Waals surface area contributed by atoms with E-state index in [2.05, 4.69) is 34.6 Å². The van der Waals surface area contributed by atoms with Crippen molar-refractivity contribution in [2.24, 2.45) is 0 Å². The van der Waals surface area contributed by atoms with Crippen LogP contribution in [0.3, 0.4) is 0 Å². The number of sulfonamides is 1. The number of aromatic nitrogens is 2. The summed E-state index contributed by atoms with van der Waals surface area (Å²) in [4.78, 5) is 22.7. The van der Waals surface area contributed by atoms with Gasteiger partial charge in [-0.05, 0) is 106 Å². The molecule has 3 saturated heterocycles. The Morgan fingerprint density at radius 3 is 2.24 bits per heavy atom. The Kier molecular flexibility index (Phi) is 9.56. The molecular formula is C36H37Cl2F4N5O3S. The molecule has 4 aromatic rings. The van der Waals surface area contributed by atoms with Crippen molar-refractivity contribution in [3.8, 4) is 0 Å². The predicted molar refractivity (Wildman–Crippen MR) is 189 cm³/mol. The number of nitrogens with one attached hydrogen (secondary N) is 1. The molecule has 0 saturated carbocycles. The number of likely N-dealkylation sites (tertiary alicyclic amines) is 1. The van der Waals surface area contributed by atoms with Crippen molar-refractivity contribution in [2.45, 2.75) is 80.9 Å². The normalized spacial score (nSPS) is 22.4. The molecule has 0 spiro atoms. The molecule has 2 bridgehead atoms. The van der Waals surface area contributed by atoms with E-state index in [9.17, 15) is 30.8 Å². The lowest BCUT2D eigenvalue weighted by Gasteiger charge is -2.45. The highest BCUT2D eigenvalue weighted by atomic mass is 35.5. The Labute approximate surface area is 303 Å². The predicted octanol–water partition coefficient (Wildman–Crippen LogP) is 8.48. The molecule has 15 heteroatoms. The number of amides is 1. The zero-order valence-corrected chi connectivity index (χ0v) is 30.1. The summed E-state index contributed by atoms with van der Waals surface area (Å²) in [6, 6.07) is 18.4. The second-order valence-corrected chi connectivity index (χ2v) is 16.5. The van der Waals surface area contributed by atoms with Crippen molar-refractivity contribution < 1.29 is 30.8 Å². The van der Waals surface area contributed by atoms with E-state index in [0.717, 1.165) is 67.7 Å². The molecule has 1 unspecified atom stereocenters. The van der Waals surface area contributed by atoms with Crippen LogP contribution in [0.5, 0.6) is 0 Å². The highest BCUT2D eigenvalue weighted by Crippen LogP contribution is 2.45. The molecule has 0 aliphatic carbocycles. The summed E-state index contributed by atoms with van der Waals surface area (Å²) < 4.78 is 80.5. The Bertz CT molecular complexity index is 2050.